The van der Waals surface area contributed by atoms with Crippen LogP contribution in [0.3, 0.4) is 0 Å². The summed E-state index contributed by atoms with van der Waals surface area (Å²) in [6.07, 6.45) is 0.825. The molecule has 0 bridgehead atoms. The van der Waals surface area contributed by atoms with Crippen molar-refractivity contribution in [3.63, 3.8) is 0 Å². The van der Waals surface area contributed by atoms with E-state index in [1.807, 2.05) is 33.7 Å². The zero-order valence-electron chi connectivity index (χ0n) is 15.9. The highest BCUT2D eigenvalue weighted by atomic mass is 79.9. The minimum absolute atomic E-state index is 0.0494. The van der Waals surface area contributed by atoms with E-state index < -0.39 is 11.6 Å². The van der Waals surface area contributed by atoms with Gasteiger partial charge >= 0.3 is 0 Å². The van der Waals surface area contributed by atoms with Crippen molar-refractivity contribution in [2.75, 3.05) is 6.54 Å². The fourth-order valence-electron chi connectivity index (χ4n) is 4.01. The molecule has 3 heterocycles. The van der Waals surface area contributed by atoms with Gasteiger partial charge in [0.1, 0.15) is 5.69 Å². The third-order valence-electron chi connectivity index (χ3n) is 5.52. The van der Waals surface area contributed by atoms with Crippen LogP contribution in [0, 0.1) is 11.6 Å². The first-order valence-corrected chi connectivity index (χ1v) is 11.2. The molecule has 0 radical (unpaired) electrons. The summed E-state index contributed by atoms with van der Waals surface area (Å²) in [5, 5.41) is 0. The Hall–Kier alpha value is -2.51. The topological polar surface area (TPSA) is 25.2 Å². The number of carbonyl (C=O) groups excluding carboxylic acids is 1. The lowest BCUT2D eigenvalue weighted by atomic mass is 10.00. The molecule has 5 rings (SSSR count). The van der Waals surface area contributed by atoms with Crippen molar-refractivity contribution >= 4 is 43.4 Å². The molecule has 0 fully saturated rings. The van der Waals surface area contributed by atoms with Gasteiger partial charge in [0.05, 0.1) is 14.0 Å². The van der Waals surface area contributed by atoms with Crippen LogP contribution in [0.2, 0.25) is 0 Å². The molecule has 4 aromatic rings. The van der Waals surface area contributed by atoms with E-state index in [-0.39, 0.29) is 12.5 Å². The highest BCUT2D eigenvalue weighted by Gasteiger charge is 2.26. The fourth-order valence-corrected chi connectivity index (χ4v) is 5.58. The molecule has 0 aliphatic carbocycles. The van der Waals surface area contributed by atoms with Gasteiger partial charge in [-0.2, -0.15) is 0 Å². The van der Waals surface area contributed by atoms with Crippen molar-refractivity contribution in [3.05, 3.63) is 92.4 Å². The quantitative estimate of drug-likeness (QED) is 0.349. The Labute approximate surface area is 184 Å². The summed E-state index contributed by atoms with van der Waals surface area (Å²) in [6.45, 7) is 1.52. The van der Waals surface area contributed by atoms with Crippen molar-refractivity contribution in [3.8, 4) is 0 Å². The van der Waals surface area contributed by atoms with E-state index in [1.54, 1.807) is 17.4 Å². The first kappa shape index (κ1) is 19.5. The molecule has 1 aliphatic heterocycles. The Balaban J connectivity index is 1.52. The molecule has 0 N–H and O–H groups in total. The predicted octanol–water partition coefficient (Wildman–Crippen LogP) is 5.99. The van der Waals surface area contributed by atoms with Crippen molar-refractivity contribution in [1.82, 2.24) is 9.47 Å². The maximum atomic E-state index is 13.8. The highest BCUT2D eigenvalue weighted by Crippen LogP contribution is 2.34. The van der Waals surface area contributed by atoms with Crippen LogP contribution in [-0.4, -0.2) is 21.9 Å². The number of rotatable bonds is 3. The number of carbonyl (C=O) groups is 1. The van der Waals surface area contributed by atoms with Gasteiger partial charge in [0.25, 0.3) is 5.91 Å². The molecule has 30 heavy (non-hydrogen) atoms. The minimum Gasteiger partial charge on any atom is -0.333 e. The predicted molar refractivity (Wildman–Crippen MR) is 118 cm³/mol. The molecule has 7 heteroatoms. The summed E-state index contributed by atoms with van der Waals surface area (Å²) >= 11 is 5.05. The number of hydrogen-bond donors (Lipinski definition) is 0. The summed E-state index contributed by atoms with van der Waals surface area (Å²) in [4.78, 5) is 15.3. The van der Waals surface area contributed by atoms with Crippen LogP contribution in [0.25, 0.3) is 10.2 Å². The van der Waals surface area contributed by atoms with E-state index in [9.17, 15) is 13.6 Å². The number of thiophene rings is 1. The number of benzene rings is 2. The second-order valence-corrected chi connectivity index (χ2v) is 9.87. The number of amides is 1. The van der Waals surface area contributed by atoms with E-state index in [1.165, 1.54) is 17.2 Å². The van der Waals surface area contributed by atoms with Gasteiger partial charge in [-0.15, -0.1) is 11.3 Å². The Morgan fingerprint density at radius 1 is 1.03 bits per heavy atom. The monoisotopic (exact) mass is 486 g/mol. The normalized spacial score (nSPS) is 13.6. The Morgan fingerprint density at radius 2 is 1.83 bits per heavy atom. The van der Waals surface area contributed by atoms with E-state index in [0.717, 1.165) is 26.5 Å². The third kappa shape index (κ3) is 3.46. The molecule has 0 saturated carbocycles. The van der Waals surface area contributed by atoms with Crippen LogP contribution in [0.4, 0.5) is 8.78 Å². The lowest BCUT2D eigenvalue weighted by molar-refractivity contribution is 0.0724. The largest absolute Gasteiger partial charge is 0.333 e. The van der Waals surface area contributed by atoms with Gasteiger partial charge < -0.3 is 9.47 Å². The van der Waals surface area contributed by atoms with Crippen molar-refractivity contribution in [2.45, 2.75) is 19.5 Å². The number of aromatic nitrogens is 1. The van der Waals surface area contributed by atoms with E-state index in [2.05, 4.69) is 28.1 Å². The van der Waals surface area contributed by atoms with Crippen LogP contribution in [-0.2, 0) is 19.5 Å². The highest BCUT2D eigenvalue weighted by molar-refractivity contribution is 9.11. The number of nitrogens with zero attached hydrogens (tertiary/aromatic N) is 2. The molecular formula is C23H17BrF2N2OS. The summed E-state index contributed by atoms with van der Waals surface area (Å²) in [5.41, 5.74) is 4.51. The Morgan fingerprint density at radius 3 is 2.63 bits per heavy atom. The summed E-state index contributed by atoms with van der Waals surface area (Å²) in [6, 6.07) is 15.9. The SMILES string of the molecule is O=C(c1cc2sc(Br)cc2n1Cc1ccc(F)c(F)c1)N1CCc2ccccc2C1. The van der Waals surface area contributed by atoms with Gasteiger partial charge in [-0.05, 0) is 63.3 Å². The molecule has 2 aromatic carbocycles. The van der Waals surface area contributed by atoms with Crippen molar-refractivity contribution in [2.24, 2.45) is 0 Å². The van der Waals surface area contributed by atoms with Crippen LogP contribution in [0.5, 0.6) is 0 Å². The van der Waals surface area contributed by atoms with E-state index >= 15 is 0 Å². The van der Waals surface area contributed by atoms with Gasteiger partial charge in [-0.3, -0.25) is 4.79 Å². The molecule has 1 amide bonds. The first-order chi connectivity index (χ1) is 14.5. The Kier molecular flexibility index (Phi) is 4.95. The maximum Gasteiger partial charge on any atom is 0.270 e. The summed E-state index contributed by atoms with van der Waals surface area (Å²) in [5.74, 6) is -1.81. The van der Waals surface area contributed by atoms with Crippen LogP contribution in [0.15, 0.2) is 58.4 Å². The zero-order valence-corrected chi connectivity index (χ0v) is 18.3. The van der Waals surface area contributed by atoms with Gasteiger partial charge in [-0.1, -0.05) is 30.3 Å². The molecular weight excluding hydrogens is 470 g/mol. The zero-order chi connectivity index (χ0) is 20.8. The van der Waals surface area contributed by atoms with Crippen LogP contribution in [0.1, 0.15) is 27.2 Å². The standard InChI is InChI=1S/C23H17BrF2N2OS/c24-22-11-19-21(30-22)10-20(28(19)12-14-5-6-17(25)18(26)9-14)23(29)27-8-7-15-3-1-2-4-16(15)13-27/h1-6,9-11H,7-8,12-13H2. The van der Waals surface area contributed by atoms with Gasteiger partial charge in [-0.25, -0.2) is 8.78 Å². The first-order valence-electron chi connectivity index (χ1n) is 9.58. The lowest BCUT2D eigenvalue weighted by Gasteiger charge is -2.29. The lowest BCUT2D eigenvalue weighted by Crippen LogP contribution is -2.37. The average molecular weight is 487 g/mol. The number of fused-ring (bicyclic) bond motifs is 2. The molecule has 0 spiro atoms. The number of halogens is 3. The number of hydrogen-bond acceptors (Lipinski definition) is 2. The maximum absolute atomic E-state index is 13.8. The summed E-state index contributed by atoms with van der Waals surface area (Å²) in [7, 11) is 0. The smallest absolute Gasteiger partial charge is 0.270 e. The molecule has 0 unspecified atom stereocenters. The van der Waals surface area contributed by atoms with Crippen molar-refractivity contribution in [1.29, 1.82) is 0 Å². The van der Waals surface area contributed by atoms with Gasteiger partial charge in [0.15, 0.2) is 11.6 Å². The molecule has 0 saturated heterocycles. The second-order valence-electron chi connectivity index (χ2n) is 7.41. The molecule has 1 aliphatic rings. The average Bonchev–Trinajstić information content (AvgIpc) is 3.26. The molecule has 152 valence electrons. The van der Waals surface area contributed by atoms with E-state index in [0.29, 0.717) is 24.3 Å². The minimum atomic E-state index is -0.886. The van der Waals surface area contributed by atoms with Crippen LogP contribution < -0.4 is 0 Å². The molecule has 0 atom stereocenters. The third-order valence-corrected chi connectivity index (χ3v) is 7.10. The Bertz CT molecular complexity index is 1280. The van der Waals surface area contributed by atoms with E-state index in [4.69, 9.17) is 0 Å². The van der Waals surface area contributed by atoms with Crippen molar-refractivity contribution < 1.29 is 13.6 Å². The second kappa shape index (κ2) is 7.63. The van der Waals surface area contributed by atoms with Gasteiger partial charge in [0.2, 0.25) is 0 Å². The molecule has 2 aromatic heterocycles. The summed E-state index contributed by atoms with van der Waals surface area (Å²) < 4.78 is 30.9. The van der Waals surface area contributed by atoms with Gasteiger partial charge in [0, 0.05) is 19.6 Å². The van der Waals surface area contributed by atoms with Crippen LogP contribution >= 0.6 is 27.3 Å². The molecule has 3 nitrogen and oxygen atoms in total. The fraction of sp³-hybridized carbons (Fsp3) is 0.174.